The first kappa shape index (κ1) is 34.9. The Balaban J connectivity index is 1.15. The molecule has 2 aromatic carbocycles. The number of benzene rings is 2. The number of nitrogens with one attached hydrogen (secondary N) is 1. The lowest BCUT2D eigenvalue weighted by Gasteiger charge is -2.35. The first-order valence-corrected chi connectivity index (χ1v) is 18.8. The minimum Gasteiger partial charge on any atom is -0.496 e. The largest absolute Gasteiger partial charge is 0.496 e. The number of amides is 2. The average molecular weight is 727 g/mol. The number of carbonyl (C=O) groups is 2. The van der Waals surface area contributed by atoms with E-state index < -0.39 is 15.7 Å². The Morgan fingerprint density at radius 2 is 1.79 bits per heavy atom. The van der Waals surface area contributed by atoms with E-state index in [0.29, 0.717) is 79.3 Å². The number of aromatic nitrogens is 5. The second-order valence-electron chi connectivity index (χ2n) is 12.7. The zero-order valence-corrected chi connectivity index (χ0v) is 29.8. The van der Waals surface area contributed by atoms with Crippen molar-refractivity contribution in [3.8, 4) is 16.9 Å². The van der Waals surface area contributed by atoms with E-state index in [2.05, 4.69) is 20.3 Å². The maximum atomic E-state index is 16.7. The molecule has 2 aliphatic heterocycles. The minimum absolute atomic E-state index is 0.00202. The van der Waals surface area contributed by atoms with Crippen LogP contribution in [-0.4, -0.2) is 107 Å². The highest BCUT2D eigenvalue weighted by Gasteiger charge is 2.28. The number of para-hydroxylation sites is 1. The number of piperazine rings is 1. The highest BCUT2D eigenvalue weighted by Crippen LogP contribution is 2.40. The van der Waals surface area contributed by atoms with Crippen LogP contribution < -0.4 is 9.64 Å². The zero-order valence-electron chi connectivity index (χ0n) is 29.0. The van der Waals surface area contributed by atoms with Crippen LogP contribution in [0.25, 0.3) is 27.6 Å². The van der Waals surface area contributed by atoms with Gasteiger partial charge in [-0.15, -0.1) is 5.10 Å². The third-order valence-electron chi connectivity index (χ3n) is 9.71. The van der Waals surface area contributed by atoms with E-state index in [9.17, 15) is 18.0 Å². The monoisotopic (exact) mass is 726 g/mol. The maximum Gasteiger partial charge on any atom is 0.270 e. The van der Waals surface area contributed by atoms with Gasteiger partial charge in [0.1, 0.15) is 17.3 Å². The number of halogens is 1. The number of hydrogen-bond acceptors (Lipinski definition) is 9. The second-order valence-corrected chi connectivity index (χ2v) is 15.0. The zero-order chi connectivity index (χ0) is 36.4. The van der Waals surface area contributed by atoms with E-state index in [1.807, 2.05) is 35.2 Å². The van der Waals surface area contributed by atoms with Crippen LogP contribution in [0.15, 0.2) is 78.1 Å². The fourth-order valence-electron chi connectivity index (χ4n) is 6.79. The van der Waals surface area contributed by atoms with Crippen molar-refractivity contribution >= 4 is 43.9 Å². The molecular weight excluding hydrogens is 688 g/mol. The van der Waals surface area contributed by atoms with Gasteiger partial charge in [-0.3, -0.25) is 14.3 Å². The number of carbonyl (C=O) groups excluding carboxylic acids is 2. The molecule has 0 atom stereocenters. The number of fused-ring (bicyclic) bond motifs is 1. The standard InChI is InChI=1S/C37H39FN8O5S/c1-3-52(49,50)26-10-11-33(39-23-26)43-17-19-44(20-18-43)37(48)31-22-30-29(27-8-4-5-9-32(27)51-2)21-28(35(38)36(30)41-31)25-7-6-14-45(24-25)34(47)12-15-46-16-13-40-42-46/h4-5,7-11,13,16,21-23,41H,3,6,12,14-15,17-20,24H2,1-2H3. The number of sulfone groups is 1. The summed E-state index contributed by atoms with van der Waals surface area (Å²) in [6, 6.07) is 14.2. The molecule has 15 heteroatoms. The number of pyridine rings is 1. The molecule has 3 aromatic heterocycles. The molecule has 2 amide bonds. The average Bonchev–Trinajstić information content (AvgIpc) is 3.89. The van der Waals surface area contributed by atoms with Gasteiger partial charge in [-0.25, -0.2) is 17.8 Å². The van der Waals surface area contributed by atoms with Gasteiger partial charge in [-0.2, -0.15) is 0 Å². The summed E-state index contributed by atoms with van der Waals surface area (Å²) in [6.07, 6.45) is 7.43. The van der Waals surface area contributed by atoms with Crippen LogP contribution in [0.1, 0.15) is 35.8 Å². The summed E-state index contributed by atoms with van der Waals surface area (Å²) in [6.45, 7) is 4.54. The molecule has 0 bridgehead atoms. The third-order valence-corrected chi connectivity index (χ3v) is 11.4. The molecule has 2 aliphatic rings. The Morgan fingerprint density at radius 3 is 2.50 bits per heavy atom. The molecule has 0 radical (unpaired) electrons. The van der Waals surface area contributed by atoms with Crippen molar-refractivity contribution in [3.05, 3.63) is 90.3 Å². The van der Waals surface area contributed by atoms with Crippen LogP contribution in [0.5, 0.6) is 5.75 Å². The van der Waals surface area contributed by atoms with Crippen molar-refractivity contribution in [2.45, 2.75) is 31.2 Å². The molecule has 0 spiro atoms. The number of rotatable bonds is 10. The molecule has 5 heterocycles. The smallest absolute Gasteiger partial charge is 0.270 e. The SMILES string of the molecule is CCS(=O)(=O)c1ccc(N2CCN(C(=O)c3cc4c(-c5ccccc5OC)cc(C5=CCCN(C(=O)CCn6ccnn6)C5)c(F)c4[nH]3)CC2)nc1. The number of ether oxygens (including phenoxy) is 1. The summed E-state index contributed by atoms with van der Waals surface area (Å²) < 4.78 is 48.4. The van der Waals surface area contributed by atoms with E-state index >= 15 is 4.39 Å². The Labute approximate surface area is 300 Å². The van der Waals surface area contributed by atoms with Crippen LogP contribution in [-0.2, 0) is 21.2 Å². The van der Waals surface area contributed by atoms with Crippen LogP contribution in [0.3, 0.4) is 0 Å². The topological polar surface area (TPSA) is 147 Å². The molecule has 0 unspecified atom stereocenters. The van der Waals surface area contributed by atoms with Crippen LogP contribution in [0.4, 0.5) is 10.2 Å². The third kappa shape index (κ3) is 6.87. The summed E-state index contributed by atoms with van der Waals surface area (Å²) in [5, 5.41) is 8.26. The molecule has 13 nitrogen and oxygen atoms in total. The second kappa shape index (κ2) is 14.6. The van der Waals surface area contributed by atoms with Crippen molar-refractivity contribution < 1.29 is 27.1 Å². The van der Waals surface area contributed by atoms with Gasteiger partial charge < -0.3 is 24.4 Å². The van der Waals surface area contributed by atoms with Crippen molar-refractivity contribution in [3.63, 3.8) is 0 Å². The fraction of sp³-hybridized carbons (Fsp3) is 0.324. The lowest BCUT2D eigenvalue weighted by atomic mass is 9.93. The number of hydrogen-bond donors (Lipinski definition) is 1. The van der Waals surface area contributed by atoms with Gasteiger partial charge in [0.05, 0.1) is 36.0 Å². The van der Waals surface area contributed by atoms with Gasteiger partial charge in [0.2, 0.25) is 5.91 Å². The molecular formula is C37H39FN8O5S. The number of nitrogens with zero attached hydrogens (tertiary/aromatic N) is 7. The Hall–Kier alpha value is -5.57. The van der Waals surface area contributed by atoms with Crippen LogP contribution in [0.2, 0.25) is 0 Å². The van der Waals surface area contributed by atoms with Gasteiger partial charge in [0, 0.05) is 74.6 Å². The van der Waals surface area contributed by atoms with Crippen molar-refractivity contribution in [1.29, 1.82) is 0 Å². The summed E-state index contributed by atoms with van der Waals surface area (Å²) in [4.78, 5) is 40.2. The van der Waals surface area contributed by atoms with Crippen LogP contribution >= 0.6 is 0 Å². The van der Waals surface area contributed by atoms with Gasteiger partial charge in [-0.1, -0.05) is 36.4 Å². The predicted octanol–water partition coefficient (Wildman–Crippen LogP) is 4.43. The molecule has 7 rings (SSSR count). The summed E-state index contributed by atoms with van der Waals surface area (Å²) in [5.41, 5.74) is 2.92. The molecule has 0 saturated carbocycles. The van der Waals surface area contributed by atoms with Gasteiger partial charge in [0.15, 0.2) is 15.7 Å². The number of aromatic amines is 1. The highest BCUT2D eigenvalue weighted by molar-refractivity contribution is 7.91. The van der Waals surface area contributed by atoms with E-state index in [4.69, 9.17) is 4.74 Å². The van der Waals surface area contributed by atoms with E-state index in [1.165, 1.54) is 6.20 Å². The van der Waals surface area contributed by atoms with Gasteiger partial charge in [0.25, 0.3) is 5.91 Å². The van der Waals surface area contributed by atoms with E-state index in [1.54, 1.807) is 65.2 Å². The molecule has 1 N–H and O–H groups in total. The first-order valence-electron chi connectivity index (χ1n) is 17.2. The van der Waals surface area contributed by atoms with Crippen molar-refractivity contribution in [1.82, 2.24) is 34.8 Å². The van der Waals surface area contributed by atoms with Gasteiger partial charge >= 0.3 is 0 Å². The number of aryl methyl sites for hydroxylation is 1. The molecule has 52 heavy (non-hydrogen) atoms. The molecule has 1 fully saturated rings. The lowest BCUT2D eigenvalue weighted by Crippen LogP contribution is -2.49. The Kier molecular flexibility index (Phi) is 9.77. The Morgan fingerprint density at radius 1 is 0.981 bits per heavy atom. The summed E-state index contributed by atoms with van der Waals surface area (Å²) >= 11 is 0. The normalized spacial score (nSPS) is 15.2. The Bertz CT molecular complexity index is 2250. The molecule has 5 aromatic rings. The van der Waals surface area contributed by atoms with E-state index in [-0.39, 0.29) is 46.6 Å². The lowest BCUT2D eigenvalue weighted by molar-refractivity contribution is -0.131. The number of methoxy groups -OCH3 is 1. The summed E-state index contributed by atoms with van der Waals surface area (Å²) in [7, 11) is -1.78. The quantitative estimate of drug-likeness (QED) is 0.221. The molecule has 1 saturated heterocycles. The first-order chi connectivity index (χ1) is 25.2. The molecule has 0 aliphatic carbocycles. The minimum atomic E-state index is -3.35. The van der Waals surface area contributed by atoms with Crippen molar-refractivity contribution in [2.75, 3.05) is 57.0 Å². The van der Waals surface area contributed by atoms with Crippen molar-refractivity contribution in [2.24, 2.45) is 0 Å². The number of anilines is 1. The van der Waals surface area contributed by atoms with Gasteiger partial charge in [-0.05, 0) is 47.9 Å². The predicted molar refractivity (Wildman–Crippen MR) is 194 cm³/mol. The van der Waals surface area contributed by atoms with Crippen LogP contribution in [0, 0.1) is 5.82 Å². The molecule has 270 valence electrons. The highest BCUT2D eigenvalue weighted by atomic mass is 32.2. The maximum absolute atomic E-state index is 16.7. The number of H-pyrrole nitrogens is 1. The fourth-order valence-corrected chi connectivity index (χ4v) is 7.61. The van der Waals surface area contributed by atoms with E-state index in [0.717, 1.165) is 5.56 Å². The summed E-state index contributed by atoms with van der Waals surface area (Å²) in [5.74, 6) is 0.413.